The molecule has 19 heavy (non-hydrogen) atoms. The highest BCUT2D eigenvalue weighted by Crippen LogP contribution is 2.29. The highest BCUT2D eigenvalue weighted by Gasteiger charge is 2.25. The topological polar surface area (TPSA) is 30.7 Å². The number of hydrogen-bond acceptors (Lipinski definition) is 2. The van der Waals surface area contributed by atoms with Crippen LogP contribution in [-0.2, 0) is 12.0 Å². The van der Waals surface area contributed by atoms with Crippen LogP contribution in [0.15, 0.2) is 12.3 Å². The molecule has 0 atom stereocenters. The second kappa shape index (κ2) is 5.68. The highest BCUT2D eigenvalue weighted by molar-refractivity contribution is 6.31. The van der Waals surface area contributed by atoms with E-state index in [0.29, 0.717) is 10.9 Å². The largest absolute Gasteiger partial charge is 0.307 e. The Balaban J connectivity index is 2.64. The van der Waals surface area contributed by atoms with E-state index in [1.54, 1.807) is 6.20 Å². The van der Waals surface area contributed by atoms with Gasteiger partial charge in [0.2, 0.25) is 0 Å². The summed E-state index contributed by atoms with van der Waals surface area (Å²) in [5.74, 6) is 1.54. The molecule has 0 aromatic carbocycles. The van der Waals surface area contributed by atoms with Crippen LogP contribution in [0.1, 0.15) is 39.4 Å². The summed E-state index contributed by atoms with van der Waals surface area (Å²) in [5.41, 5.74) is 1.71. The third-order valence-corrected chi connectivity index (χ3v) is 3.71. The average molecular weight is 300 g/mol. The van der Waals surface area contributed by atoms with Gasteiger partial charge in [0.1, 0.15) is 11.3 Å². The number of nitrogens with zero attached hydrogens (tertiary/aromatic N) is 3. The van der Waals surface area contributed by atoms with Crippen LogP contribution < -0.4 is 0 Å². The van der Waals surface area contributed by atoms with Crippen LogP contribution in [0.4, 0.5) is 0 Å². The molecule has 0 unspecified atom stereocenters. The molecular formula is C14H19Cl2N3. The molecule has 2 rings (SSSR count). The Morgan fingerprint density at radius 1 is 1.37 bits per heavy atom. The molecule has 0 aliphatic rings. The number of aromatic nitrogens is 3. The van der Waals surface area contributed by atoms with Crippen molar-refractivity contribution in [2.45, 2.75) is 45.6 Å². The Hall–Kier alpha value is -0.800. The molecule has 0 bridgehead atoms. The fraction of sp³-hybridized carbons (Fsp3) is 0.571. The van der Waals surface area contributed by atoms with Gasteiger partial charge in [-0.2, -0.15) is 0 Å². The molecule has 0 aliphatic carbocycles. The summed E-state index contributed by atoms with van der Waals surface area (Å²) in [4.78, 5) is 9.10. The lowest BCUT2D eigenvalue weighted by Crippen LogP contribution is -2.28. The second-order valence-electron chi connectivity index (χ2n) is 5.36. The third kappa shape index (κ3) is 2.87. The van der Waals surface area contributed by atoms with Crippen LogP contribution in [0.2, 0.25) is 5.02 Å². The van der Waals surface area contributed by atoms with Crippen LogP contribution in [0.25, 0.3) is 11.2 Å². The van der Waals surface area contributed by atoms with E-state index in [4.69, 9.17) is 23.2 Å². The quantitative estimate of drug-likeness (QED) is 0.766. The van der Waals surface area contributed by atoms with Crippen molar-refractivity contribution in [3.8, 4) is 0 Å². The van der Waals surface area contributed by atoms with Gasteiger partial charge in [-0.05, 0) is 26.3 Å². The van der Waals surface area contributed by atoms with Crippen molar-refractivity contribution in [2.24, 2.45) is 0 Å². The summed E-state index contributed by atoms with van der Waals surface area (Å²) < 4.78 is 2.21. The SMILES string of the molecule is CCCC(C)(C)n1c(CCCl)nc2cc(Cl)cnc21. The van der Waals surface area contributed by atoms with Crippen LogP contribution in [0.3, 0.4) is 0 Å². The van der Waals surface area contributed by atoms with E-state index >= 15 is 0 Å². The first-order valence-corrected chi connectivity index (χ1v) is 7.50. The van der Waals surface area contributed by atoms with E-state index < -0.39 is 0 Å². The van der Waals surface area contributed by atoms with Gasteiger partial charge in [0.15, 0.2) is 5.65 Å². The summed E-state index contributed by atoms with van der Waals surface area (Å²) in [6.45, 7) is 6.61. The third-order valence-electron chi connectivity index (χ3n) is 3.32. The molecule has 0 spiro atoms. The van der Waals surface area contributed by atoms with Gasteiger partial charge in [-0.25, -0.2) is 9.97 Å². The van der Waals surface area contributed by atoms with Gasteiger partial charge >= 0.3 is 0 Å². The second-order valence-corrected chi connectivity index (χ2v) is 6.18. The normalized spacial score (nSPS) is 12.3. The first kappa shape index (κ1) is 14.6. The molecule has 0 aliphatic heterocycles. The maximum atomic E-state index is 5.99. The van der Waals surface area contributed by atoms with Crippen molar-refractivity contribution in [1.29, 1.82) is 0 Å². The van der Waals surface area contributed by atoms with Crippen LogP contribution in [0, 0.1) is 0 Å². The summed E-state index contributed by atoms with van der Waals surface area (Å²) >= 11 is 11.9. The Kier molecular flexibility index (Phi) is 4.36. The Labute approximate surface area is 123 Å². The number of hydrogen-bond donors (Lipinski definition) is 0. The minimum Gasteiger partial charge on any atom is -0.307 e. The molecule has 104 valence electrons. The predicted octanol–water partition coefficient (Wildman–Crippen LogP) is 4.40. The number of aryl methyl sites for hydroxylation is 1. The van der Waals surface area contributed by atoms with Crippen LogP contribution in [-0.4, -0.2) is 20.4 Å². The molecule has 0 saturated heterocycles. The fourth-order valence-electron chi connectivity index (χ4n) is 2.60. The van der Waals surface area contributed by atoms with E-state index in [1.165, 1.54) is 0 Å². The first-order valence-electron chi connectivity index (χ1n) is 6.59. The standard InChI is InChI=1S/C14H19Cl2N3/c1-4-6-14(2,3)19-12(5-7-15)18-11-8-10(16)9-17-13(11)19/h8-9H,4-7H2,1-3H3. The van der Waals surface area contributed by atoms with E-state index in [9.17, 15) is 0 Å². The van der Waals surface area contributed by atoms with Gasteiger partial charge in [-0.3, -0.25) is 0 Å². The highest BCUT2D eigenvalue weighted by atomic mass is 35.5. The van der Waals surface area contributed by atoms with Crippen molar-refractivity contribution in [2.75, 3.05) is 5.88 Å². The zero-order valence-electron chi connectivity index (χ0n) is 11.6. The van der Waals surface area contributed by atoms with Crippen molar-refractivity contribution in [1.82, 2.24) is 14.5 Å². The zero-order valence-corrected chi connectivity index (χ0v) is 13.1. The number of rotatable bonds is 5. The minimum absolute atomic E-state index is 0.0221. The van der Waals surface area contributed by atoms with Crippen molar-refractivity contribution >= 4 is 34.4 Å². The number of alkyl halides is 1. The fourth-order valence-corrected chi connectivity index (χ4v) is 2.92. The molecule has 0 saturated carbocycles. The summed E-state index contributed by atoms with van der Waals surface area (Å²) in [6, 6.07) is 1.86. The van der Waals surface area contributed by atoms with Gasteiger partial charge in [0.05, 0.1) is 5.02 Å². The van der Waals surface area contributed by atoms with E-state index in [1.807, 2.05) is 6.07 Å². The maximum Gasteiger partial charge on any atom is 0.160 e. The lowest BCUT2D eigenvalue weighted by Gasteiger charge is -2.28. The molecule has 0 radical (unpaired) electrons. The molecule has 2 aromatic rings. The maximum absolute atomic E-state index is 5.99. The number of halogens is 2. The van der Waals surface area contributed by atoms with Gasteiger partial charge in [0.25, 0.3) is 0 Å². The first-order chi connectivity index (χ1) is 8.99. The van der Waals surface area contributed by atoms with Crippen molar-refractivity contribution in [3.63, 3.8) is 0 Å². The summed E-state index contributed by atoms with van der Waals surface area (Å²) in [7, 11) is 0. The van der Waals surface area contributed by atoms with Gasteiger partial charge in [-0.1, -0.05) is 24.9 Å². The Morgan fingerprint density at radius 3 is 2.74 bits per heavy atom. The van der Waals surface area contributed by atoms with Gasteiger partial charge in [-0.15, -0.1) is 11.6 Å². The van der Waals surface area contributed by atoms with Crippen molar-refractivity contribution < 1.29 is 0 Å². The zero-order chi connectivity index (χ0) is 14.0. The average Bonchev–Trinajstić information content (AvgIpc) is 2.67. The number of fused-ring (bicyclic) bond motifs is 1. The molecule has 0 N–H and O–H groups in total. The Morgan fingerprint density at radius 2 is 2.11 bits per heavy atom. The monoisotopic (exact) mass is 299 g/mol. The molecular weight excluding hydrogens is 281 g/mol. The lowest BCUT2D eigenvalue weighted by molar-refractivity contribution is 0.322. The molecule has 2 heterocycles. The molecule has 3 nitrogen and oxygen atoms in total. The van der Waals surface area contributed by atoms with Crippen molar-refractivity contribution in [3.05, 3.63) is 23.1 Å². The smallest absolute Gasteiger partial charge is 0.160 e. The predicted molar refractivity (Wildman–Crippen MR) is 81.2 cm³/mol. The number of pyridine rings is 1. The summed E-state index contributed by atoms with van der Waals surface area (Å²) in [5, 5.41) is 0.614. The molecule has 2 aromatic heterocycles. The van der Waals surface area contributed by atoms with Gasteiger partial charge in [0, 0.05) is 24.0 Å². The summed E-state index contributed by atoms with van der Waals surface area (Å²) in [6.07, 6.45) is 4.59. The van der Waals surface area contributed by atoms with Crippen LogP contribution >= 0.6 is 23.2 Å². The van der Waals surface area contributed by atoms with E-state index in [0.717, 1.165) is 36.3 Å². The van der Waals surface area contributed by atoms with E-state index in [-0.39, 0.29) is 5.54 Å². The minimum atomic E-state index is -0.0221. The molecule has 0 fully saturated rings. The van der Waals surface area contributed by atoms with Crippen LogP contribution in [0.5, 0.6) is 0 Å². The van der Waals surface area contributed by atoms with E-state index in [2.05, 4.69) is 35.3 Å². The number of imidazole rings is 1. The lowest BCUT2D eigenvalue weighted by atomic mass is 9.98. The van der Waals surface area contributed by atoms with Gasteiger partial charge < -0.3 is 4.57 Å². The Bertz CT molecular complexity index is 575. The molecule has 5 heteroatoms. The molecule has 0 amide bonds.